The minimum absolute atomic E-state index is 0.151. The van der Waals surface area contributed by atoms with Gasteiger partial charge in [-0.2, -0.15) is 0 Å². The fourth-order valence-corrected chi connectivity index (χ4v) is 3.89. The Bertz CT molecular complexity index is 389. The Labute approximate surface area is 130 Å². The van der Waals surface area contributed by atoms with Gasteiger partial charge in [-0.3, -0.25) is 4.90 Å². The Kier molecular flexibility index (Phi) is 6.25. The molecule has 1 heterocycles. The van der Waals surface area contributed by atoms with Crippen LogP contribution in [0, 0.1) is 5.92 Å². The smallest absolute Gasteiger partial charge is 0.0369 e. The maximum absolute atomic E-state index is 6.25. The van der Waals surface area contributed by atoms with Crippen LogP contribution < -0.4 is 5.73 Å². The zero-order chi connectivity index (χ0) is 15.1. The Morgan fingerprint density at radius 2 is 1.81 bits per heavy atom. The normalized spacial score (nSPS) is 20.3. The van der Waals surface area contributed by atoms with Crippen LogP contribution in [-0.2, 0) is 6.42 Å². The van der Waals surface area contributed by atoms with Crippen molar-refractivity contribution in [1.82, 2.24) is 4.90 Å². The van der Waals surface area contributed by atoms with Crippen LogP contribution in [0.3, 0.4) is 0 Å². The Balaban J connectivity index is 2.04. The number of hydrogen-bond acceptors (Lipinski definition) is 2. The molecular weight excluding hydrogens is 256 g/mol. The van der Waals surface area contributed by atoms with Gasteiger partial charge in [-0.25, -0.2) is 0 Å². The summed E-state index contributed by atoms with van der Waals surface area (Å²) in [7, 11) is 0. The average Bonchev–Trinajstić information content (AvgIpc) is 2.55. The number of likely N-dealkylation sites (tertiary alicyclic amines) is 1. The highest BCUT2D eigenvalue weighted by Gasteiger charge is 2.36. The Morgan fingerprint density at radius 1 is 1.14 bits per heavy atom. The molecular formula is C19H32N2. The van der Waals surface area contributed by atoms with Crippen molar-refractivity contribution in [3.63, 3.8) is 0 Å². The van der Waals surface area contributed by atoms with Gasteiger partial charge < -0.3 is 5.73 Å². The lowest BCUT2D eigenvalue weighted by molar-refractivity contribution is 0.0495. The number of benzene rings is 1. The zero-order valence-electron chi connectivity index (χ0n) is 13.9. The first kappa shape index (κ1) is 16.5. The molecule has 1 aromatic rings. The topological polar surface area (TPSA) is 29.3 Å². The van der Waals surface area contributed by atoms with Crippen LogP contribution in [0.2, 0.25) is 0 Å². The average molecular weight is 288 g/mol. The lowest BCUT2D eigenvalue weighted by Crippen LogP contribution is -2.57. The van der Waals surface area contributed by atoms with Crippen LogP contribution in [0.5, 0.6) is 0 Å². The summed E-state index contributed by atoms with van der Waals surface area (Å²) in [6.45, 7) is 7.81. The summed E-state index contributed by atoms with van der Waals surface area (Å²) in [5.41, 5.74) is 7.82. The molecule has 0 saturated carbocycles. The largest absolute Gasteiger partial charge is 0.329 e. The Hall–Kier alpha value is -0.860. The lowest BCUT2D eigenvalue weighted by Gasteiger charge is -2.46. The van der Waals surface area contributed by atoms with Crippen molar-refractivity contribution in [2.75, 3.05) is 19.6 Å². The molecule has 1 fully saturated rings. The van der Waals surface area contributed by atoms with E-state index in [0.717, 1.165) is 25.3 Å². The van der Waals surface area contributed by atoms with E-state index in [9.17, 15) is 0 Å². The lowest BCUT2D eigenvalue weighted by atomic mass is 9.82. The van der Waals surface area contributed by atoms with Crippen molar-refractivity contribution >= 4 is 0 Å². The van der Waals surface area contributed by atoms with Crippen LogP contribution in [0.4, 0.5) is 0 Å². The SMILES string of the molecule is CCCC1CCN(C(CC)(CN)Cc2ccccc2)CC1. The van der Waals surface area contributed by atoms with E-state index in [1.165, 1.54) is 44.3 Å². The number of nitrogens with zero attached hydrogens (tertiary/aromatic N) is 1. The van der Waals surface area contributed by atoms with Crippen molar-refractivity contribution in [2.45, 2.75) is 57.9 Å². The van der Waals surface area contributed by atoms with E-state index in [4.69, 9.17) is 5.73 Å². The molecule has 1 aliphatic heterocycles. The highest BCUT2D eigenvalue weighted by atomic mass is 15.2. The van der Waals surface area contributed by atoms with Gasteiger partial charge >= 0.3 is 0 Å². The molecule has 118 valence electrons. The maximum Gasteiger partial charge on any atom is 0.0369 e. The zero-order valence-corrected chi connectivity index (χ0v) is 13.9. The van der Waals surface area contributed by atoms with E-state index in [-0.39, 0.29) is 5.54 Å². The van der Waals surface area contributed by atoms with Gasteiger partial charge in [0.1, 0.15) is 0 Å². The van der Waals surface area contributed by atoms with Crippen molar-refractivity contribution in [3.8, 4) is 0 Å². The molecule has 1 aromatic carbocycles. The van der Waals surface area contributed by atoms with E-state index in [1.54, 1.807) is 0 Å². The predicted molar refractivity (Wildman–Crippen MR) is 91.4 cm³/mol. The van der Waals surface area contributed by atoms with Crippen molar-refractivity contribution in [2.24, 2.45) is 11.7 Å². The monoisotopic (exact) mass is 288 g/mol. The quantitative estimate of drug-likeness (QED) is 0.826. The molecule has 1 atom stereocenters. The second kappa shape index (κ2) is 7.95. The number of hydrogen-bond donors (Lipinski definition) is 1. The molecule has 2 nitrogen and oxygen atoms in total. The second-order valence-electron chi connectivity index (χ2n) is 6.66. The fraction of sp³-hybridized carbons (Fsp3) is 0.684. The molecule has 0 spiro atoms. The molecule has 1 aliphatic rings. The first-order valence-electron chi connectivity index (χ1n) is 8.73. The molecule has 0 amide bonds. The highest BCUT2D eigenvalue weighted by Crippen LogP contribution is 2.30. The van der Waals surface area contributed by atoms with Crippen LogP contribution in [-0.4, -0.2) is 30.1 Å². The van der Waals surface area contributed by atoms with Crippen LogP contribution in [0.1, 0.15) is 51.5 Å². The molecule has 2 N–H and O–H groups in total. The summed E-state index contributed by atoms with van der Waals surface area (Å²) in [6.07, 6.45) is 7.64. The van der Waals surface area contributed by atoms with E-state index in [0.29, 0.717) is 0 Å². The molecule has 2 rings (SSSR count). The molecule has 0 bridgehead atoms. The van der Waals surface area contributed by atoms with E-state index in [2.05, 4.69) is 49.1 Å². The maximum atomic E-state index is 6.25. The molecule has 1 saturated heterocycles. The number of rotatable bonds is 7. The Morgan fingerprint density at radius 3 is 2.33 bits per heavy atom. The second-order valence-corrected chi connectivity index (χ2v) is 6.66. The molecule has 2 heteroatoms. The minimum atomic E-state index is 0.151. The molecule has 0 aliphatic carbocycles. The fourth-order valence-electron chi connectivity index (χ4n) is 3.89. The summed E-state index contributed by atoms with van der Waals surface area (Å²) in [4.78, 5) is 2.69. The van der Waals surface area contributed by atoms with Gasteiger partial charge in [-0.1, -0.05) is 57.0 Å². The number of nitrogens with two attached hydrogens (primary N) is 1. The van der Waals surface area contributed by atoms with E-state index in [1.807, 2.05) is 0 Å². The summed E-state index contributed by atoms with van der Waals surface area (Å²) >= 11 is 0. The molecule has 1 unspecified atom stereocenters. The van der Waals surface area contributed by atoms with Crippen molar-refractivity contribution in [1.29, 1.82) is 0 Å². The van der Waals surface area contributed by atoms with Gasteiger partial charge in [0.2, 0.25) is 0 Å². The molecule has 21 heavy (non-hydrogen) atoms. The third-order valence-corrected chi connectivity index (χ3v) is 5.40. The van der Waals surface area contributed by atoms with Gasteiger partial charge in [0.15, 0.2) is 0 Å². The first-order valence-corrected chi connectivity index (χ1v) is 8.73. The number of piperidine rings is 1. The van der Waals surface area contributed by atoms with Crippen LogP contribution in [0.25, 0.3) is 0 Å². The summed E-state index contributed by atoms with van der Waals surface area (Å²) in [5.74, 6) is 0.940. The predicted octanol–water partition coefficient (Wildman–Crippen LogP) is 3.85. The molecule has 0 aromatic heterocycles. The standard InChI is InChI=1S/C19H32N2/c1-3-8-17-11-13-21(14-12-17)19(4-2,16-20)15-18-9-6-5-7-10-18/h5-7,9-10,17H,3-4,8,11-16,20H2,1-2H3. The van der Waals surface area contributed by atoms with E-state index >= 15 is 0 Å². The van der Waals surface area contributed by atoms with Crippen molar-refractivity contribution < 1.29 is 0 Å². The highest BCUT2D eigenvalue weighted by molar-refractivity contribution is 5.18. The van der Waals surface area contributed by atoms with E-state index < -0.39 is 0 Å². The molecule has 0 radical (unpaired) electrons. The van der Waals surface area contributed by atoms with Crippen molar-refractivity contribution in [3.05, 3.63) is 35.9 Å². The van der Waals surface area contributed by atoms with Gasteiger partial charge in [0.25, 0.3) is 0 Å². The third kappa shape index (κ3) is 4.08. The van der Waals surface area contributed by atoms with Gasteiger partial charge in [-0.05, 0) is 50.3 Å². The van der Waals surface area contributed by atoms with Gasteiger partial charge in [-0.15, -0.1) is 0 Å². The third-order valence-electron chi connectivity index (χ3n) is 5.40. The summed E-state index contributed by atoms with van der Waals surface area (Å²) in [5, 5.41) is 0. The van der Waals surface area contributed by atoms with Crippen LogP contribution in [0.15, 0.2) is 30.3 Å². The van der Waals surface area contributed by atoms with Gasteiger partial charge in [0, 0.05) is 12.1 Å². The van der Waals surface area contributed by atoms with Gasteiger partial charge in [0.05, 0.1) is 0 Å². The summed E-state index contributed by atoms with van der Waals surface area (Å²) < 4.78 is 0. The van der Waals surface area contributed by atoms with Crippen LogP contribution >= 0.6 is 0 Å². The minimum Gasteiger partial charge on any atom is -0.329 e. The summed E-state index contributed by atoms with van der Waals surface area (Å²) in [6, 6.07) is 10.9. The first-order chi connectivity index (χ1) is 10.2.